The first-order valence-electron chi connectivity index (χ1n) is 6.71. The largest absolute Gasteiger partial charge is 0.481 e. The molecule has 0 saturated heterocycles. The summed E-state index contributed by atoms with van der Waals surface area (Å²) < 4.78 is 0. The predicted molar refractivity (Wildman–Crippen MR) is 83.1 cm³/mol. The van der Waals surface area contributed by atoms with Gasteiger partial charge in [0.2, 0.25) is 0 Å². The summed E-state index contributed by atoms with van der Waals surface area (Å²) in [7, 11) is 2.00. The molecule has 0 amide bonds. The maximum atomic E-state index is 9.91. The van der Waals surface area contributed by atoms with Crippen LogP contribution in [0.3, 0.4) is 0 Å². The van der Waals surface area contributed by atoms with Gasteiger partial charge >= 0.3 is 17.9 Å². The topological polar surface area (TPSA) is 173 Å². The lowest BCUT2D eigenvalue weighted by Gasteiger charge is -1.99. The molecule has 1 atom stereocenters. The van der Waals surface area contributed by atoms with Gasteiger partial charge in [-0.1, -0.05) is 13.3 Å². The maximum absolute atomic E-state index is 9.91. The second kappa shape index (κ2) is 25.0. The SMILES string of the molecule is CCCC(O)C=CC(=O)O.CO.CO.O=C(O)CCCC(=O)O. The van der Waals surface area contributed by atoms with Crippen molar-refractivity contribution in [2.24, 2.45) is 0 Å². The Bertz CT molecular complexity index is 299. The van der Waals surface area contributed by atoms with Crippen LogP contribution in [0, 0.1) is 0 Å². The third-order valence-electron chi connectivity index (χ3n) is 1.83. The van der Waals surface area contributed by atoms with Crippen molar-refractivity contribution in [1.29, 1.82) is 0 Å². The van der Waals surface area contributed by atoms with Gasteiger partial charge in [-0.3, -0.25) is 9.59 Å². The number of aliphatic hydroxyl groups is 3. The average molecular weight is 340 g/mol. The molecule has 0 aromatic rings. The molecule has 0 rings (SSSR count). The van der Waals surface area contributed by atoms with Crippen LogP contribution in [-0.4, -0.2) is 68.9 Å². The van der Waals surface area contributed by atoms with Gasteiger partial charge in [0, 0.05) is 33.1 Å². The van der Waals surface area contributed by atoms with Crippen LogP contribution in [0.5, 0.6) is 0 Å². The molecule has 0 radical (unpaired) electrons. The Morgan fingerprint density at radius 1 is 0.913 bits per heavy atom. The van der Waals surface area contributed by atoms with E-state index in [2.05, 4.69) is 0 Å². The van der Waals surface area contributed by atoms with E-state index >= 15 is 0 Å². The Balaban J connectivity index is -0.000000129. The van der Waals surface area contributed by atoms with E-state index in [0.29, 0.717) is 6.42 Å². The number of hydrogen-bond acceptors (Lipinski definition) is 6. The maximum Gasteiger partial charge on any atom is 0.328 e. The first-order valence-corrected chi connectivity index (χ1v) is 6.71. The number of carbonyl (C=O) groups is 3. The van der Waals surface area contributed by atoms with Crippen molar-refractivity contribution in [1.82, 2.24) is 0 Å². The highest BCUT2D eigenvalue weighted by Gasteiger charge is 1.99. The van der Waals surface area contributed by atoms with Crippen molar-refractivity contribution in [3.05, 3.63) is 12.2 Å². The lowest BCUT2D eigenvalue weighted by atomic mass is 10.2. The Labute approximate surface area is 135 Å². The molecule has 1 unspecified atom stereocenters. The van der Waals surface area contributed by atoms with Gasteiger partial charge < -0.3 is 30.6 Å². The molecule has 6 N–H and O–H groups in total. The second-order valence-corrected chi connectivity index (χ2v) is 3.69. The van der Waals surface area contributed by atoms with Crippen LogP contribution in [0.4, 0.5) is 0 Å². The quantitative estimate of drug-likeness (QED) is 0.340. The van der Waals surface area contributed by atoms with Gasteiger partial charge in [-0.15, -0.1) is 0 Å². The minimum Gasteiger partial charge on any atom is -0.481 e. The van der Waals surface area contributed by atoms with E-state index in [1.54, 1.807) is 0 Å². The van der Waals surface area contributed by atoms with E-state index in [0.717, 1.165) is 26.7 Å². The Morgan fingerprint density at radius 3 is 1.57 bits per heavy atom. The van der Waals surface area contributed by atoms with E-state index < -0.39 is 24.0 Å². The molecule has 23 heavy (non-hydrogen) atoms. The highest BCUT2D eigenvalue weighted by Crippen LogP contribution is 1.96. The average Bonchev–Trinajstić information content (AvgIpc) is 2.49. The monoisotopic (exact) mass is 340 g/mol. The number of carboxylic acid groups (broad SMARTS) is 3. The fourth-order valence-electron chi connectivity index (χ4n) is 0.976. The highest BCUT2D eigenvalue weighted by molar-refractivity contribution is 5.79. The molecule has 0 aliphatic carbocycles. The molecule has 0 saturated carbocycles. The zero-order chi connectivity index (χ0) is 19.3. The molecule has 138 valence electrons. The third kappa shape index (κ3) is 45.0. The summed E-state index contributed by atoms with van der Waals surface area (Å²) in [4.78, 5) is 29.5. The van der Waals surface area contributed by atoms with E-state index in [-0.39, 0.29) is 19.3 Å². The van der Waals surface area contributed by atoms with Gasteiger partial charge in [0.25, 0.3) is 0 Å². The zero-order valence-corrected chi connectivity index (χ0v) is 13.7. The van der Waals surface area contributed by atoms with E-state index in [4.69, 9.17) is 30.6 Å². The number of aliphatic hydroxyl groups excluding tert-OH is 3. The van der Waals surface area contributed by atoms with Gasteiger partial charge in [-0.05, 0) is 18.9 Å². The fourth-order valence-corrected chi connectivity index (χ4v) is 0.976. The van der Waals surface area contributed by atoms with Crippen LogP contribution >= 0.6 is 0 Å². The van der Waals surface area contributed by atoms with Crippen LogP contribution < -0.4 is 0 Å². The van der Waals surface area contributed by atoms with Crippen molar-refractivity contribution < 1.29 is 45.0 Å². The van der Waals surface area contributed by atoms with Crippen LogP contribution in [0.15, 0.2) is 12.2 Å². The van der Waals surface area contributed by atoms with Crippen molar-refractivity contribution >= 4 is 17.9 Å². The van der Waals surface area contributed by atoms with Crippen LogP contribution in [0.25, 0.3) is 0 Å². The Hall–Kier alpha value is -1.97. The summed E-state index contributed by atoms with van der Waals surface area (Å²) in [5, 5.41) is 47.1. The molecule has 0 aliphatic heterocycles. The van der Waals surface area contributed by atoms with Gasteiger partial charge in [0.1, 0.15) is 0 Å². The summed E-state index contributed by atoms with van der Waals surface area (Å²) in [6, 6.07) is 0. The standard InChI is InChI=1S/C7H12O3.C5H8O4.2CH4O/c1-2-3-6(8)4-5-7(9)10;6-4(7)2-1-3-5(8)9;2*1-2/h4-6,8H,2-3H2,1H3,(H,9,10);1-3H2,(H,6,7)(H,8,9);2*2H,1H3. The molecular weight excluding hydrogens is 312 g/mol. The lowest BCUT2D eigenvalue weighted by molar-refractivity contribution is -0.138. The normalized spacial score (nSPS) is 10.0. The van der Waals surface area contributed by atoms with E-state index in [1.807, 2.05) is 6.92 Å². The van der Waals surface area contributed by atoms with Crippen molar-refractivity contribution in [2.45, 2.75) is 45.1 Å². The fraction of sp³-hybridized carbons (Fsp3) is 0.643. The van der Waals surface area contributed by atoms with Crippen molar-refractivity contribution in [2.75, 3.05) is 14.2 Å². The number of carboxylic acids is 3. The molecule has 0 heterocycles. The molecular formula is C14H28O9. The van der Waals surface area contributed by atoms with Gasteiger partial charge in [0.15, 0.2) is 0 Å². The molecule has 0 aromatic carbocycles. The summed E-state index contributed by atoms with van der Waals surface area (Å²) in [6.45, 7) is 1.93. The summed E-state index contributed by atoms with van der Waals surface area (Å²) >= 11 is 0. The molecule has 0 fully saturated rings. The summed E-state index contributed by atoms with van der Waals surface area (Å²) in [6.07, 6.45) is 3.19. The second-order valence-electron chi connectivity index (χ2n) is 3.69. The van der Waals surface area contributed by atoms with Crippen molar-refractivity contribution in [3.8, 4) is 0 Å². The van der Waals surface area contributed by atoms with E-state index in [1.165, 1.54) is 6.08 Å². The molecule has 0 aliphatic rings. The van der Waals surface area contributed by atoms with Gasteiger partial charge in [0.05, 0.1) is 6.10 Å². The van der Waals surface area contributed by atoms with Gasteiger partial charge in [-0.25, -0.2) is 4.79 Å². The minimum atomic E-state index is -1.02. The van der Waals surface area contributed by atoms with Crippen LogP contribution in [0.1, 0.15) is 39.0 Å². The molecule has 9 heteroatoms. The highest BCUT2D eigenvalue weighted by atomic mass is 16.4. The molecule has 0 bridgehead atoms. The Kier molecular flexibility index (Phi) is 31.6. The van der Waals surface area contributed by atoms with Gasteiger partial charge in [-0.2, -0.15) is 0 Å². The Morgan fingerprint density at radius 2 is 1.30 bits per heavy atom. The number of rotatable bonds is 8. The summed E-state index contributed by atoms with van der Waals surface area (Å²) in [5.41, 5.74) is 0. The zero-order valence-electron chi connectivity index (χ0n) is 13.7. The first kappa shape index (κ1) is 29.1. The minimum absolute atomic E-state index is 0.0632. The van der Waals surface area contributed by atoms with Crippen molar-refractivity contribution in [3.63, 3.8) is 0 Å². The number of aliphatic carboxylic acids is 3. The van der Waals surface area contributed by atoms with Crippen LogP contribution in [0.2, 0.25) is 0 Å². The molecule has 0 aromatic heterocycles. The number of hydrogen-bond donors (Lipinski definition) is 6. The molecule has 9 nitrogen and oxygen atoms in total. The summed E-state index contributed by atoms with van der Waals surface area (Å²) in [5.74, 6) is -2.91. The predicted octanol–water partition coefficient (Wildman–Crippen LogP) is 0.331. The third-order valence-corrected chi connectivity index (χ3v) is 1.83. The van der Waals surface area contributed by atoms with E-state index in [9.17, 15) is 14.4 Å². The van der Waals surface area contributed by atoms with Crippen LogP contribution in [-0.2, 0) is 14.4 Å². The molecule has 0 spiro atoms. The lowest BCUT2D eigenvalue weighted by Crippen LogP contribution is -2.01. The first-order chi connectivity index (χ1) is 10.8. The smallest absolute Gasteiger partial charge is 0.328 e.